The molecule has 0 saturated carbocycles. The molecule has 0 aliphatic heterocycles. The van der Waals surface area contributed by atoms with Crippen molar-refractivity contribution in [1.29, 1.82) is 0 Å². The zero-order valence-corrected chi connectivity index (χ0v) is 14.0. The molecule has 0 spiro atoms. The molecular formula is C18H36O2. The van der Waals surface area contributed by atoms with Crippen LogP contribution < -0.4 is 0 Å². The molecule has 0 aliphatic rings. The number of hydrogen-bond donors (Lipinski definition) is 1. The fourth-order valence-electron chi connectivity index (χ4n) is 3.05. The Hall–Kier alpha value is -0.530. The average molecular weight is 284 g/mol. The molecule has 120 valence electrons. The summed E-state index contributed by atoms with van der Waals surface area (Å²) in [4.78, 5) is 11.5. The van der Waals surface area contributed by atoms with Gasteiger partial charge in [-0.25, -0.2) is 0 Å². The molecule has 0 fully saturated rings. The molecular weight excluding hydrogens is 248 g/mol. The van der Waals surface area contributed by atoms with Gasteiger partial charge in [-0.2, -0.15) is 0 Å². The van der Waals surface area contributed by atoms with Crippen LogP contribution in [-0.2, 0) is 4.79 Å². The van der Waals surface area contributed by atoms with Gasteiger partial charge in [0, 0.05) is 0 Å². The van der Waals surface area contributed by atoms with Crippen molar-refractivity contribution in [1.82, 2.24) is 0 Å². The van der Waals surface area contributed by atoms with E-state index in [1.54, 1.807) is 0 Å². The van der Waals surface area contributed by atoms with E-state index in [0.29, 0.717) is 5.92 Å². The summed E-state index contributed by atoms with van der Waals surface area (Å²) in [5.74, 6) is -0.295. The Bertz CT molecular complexity index is 225. The van der Waals surface area contributed by atoms with E-state index in [9.17, 15) is 9.90 Å². The number of carbonyl (C=O) groups is 1. The number of carboxylic acid groups (broad SMARTS) is 1. The standard InChI is InChI=1S/C18H36O2/c1-4-7-9-10-11-13-14-16(6-3)17(18(19)20)15-12-8-5-2/h16-17H,4-15H2,1-3H3,(H,19,20). The number of hydrogen-bond acceptors (Lipinski definition) is 1. The van der Waals surface area contributed by atoms with Crippen LogP contribution >= 0.6 is 0 Å². The van der Waals surface area contributed by atoms with Crippen LogP contribution in [0.3, 0.4) is 0 Å². The van der Waals surface area contributed by atoms with Crippen LogP contribution in [0.15, 0.2) is 0 Å². The van der Waals surface area contributed by atoms with Gasteiger partial charge in [-0.15, -0.1) is 0 Å². The van der Waals surface area contributed by atoms with Crippen molar-refractivity contribution in [3.8, 4) is 0 Å². The van der Waals surface area contributed by atoms with E-state index in [1.165, 1.54) is 44.9 Å². The van der Waals surface area contributed by atoms with Gasteiger partial charge in [0.25, 0.3) is 0 Å². The summed E-state index contributed by atoms with van der Waals surface area (Å²) in [6.45, 7) is 6.56. The zero-order valence-electron chi connectivity index (χ0n) is 14.0. The molecule has 2 atom stereocenters. The Labute approximate surface area is 126 Å². The second-order valence-corrected chi connectivity index (χ2v) is 6.17. The van der Waals surface area contributed by atoms with E-state index in [1.807, 2.05) is 0 Å². The Morgan fingerprint density at radius 3 is 1.85 bits per heavy atom. The lowest BCUT2D eigenvalue weighted by molar-refractivity contribution is -0.144. The van der Waals surface area contributed by atoms with Crippen molar-refractivity contribution in [2.75, 3.05) is 0 Å². The highest BCUT2D eigenvalue weighted by Gasteiger charge is 2.25. The van der Waals surface area contributed by atoms with Crippen LogP contribution in [0, 0.1) is 11.8 Å². The van der Waals surface area contributed by atoms with Gasteiger partial charge in [0.2, 0.25) is 0 Å². The lowest BCUT2D eigenvalue weighted by Gasteiger charge is -2.22. The largest absolute Gasteiger partial charge is 0.481 e. The SMILES string of the molecule is CCCCCCCCC(CC)C(CCCCC)C(=O)O. The summed E-state index contributed by atoms with van der Waals surface area (Å²) in [7, 11) is 0. The fourth-order valence-corrected chi connectivity index (χ4v) is 3.05. The summed E-state index contributed by atoms with van der Waals surface area (Å²) in [6.07, 6.45) is 14.2. The third kappa shape index (κ3) is 9.39. The minimum atomic E-state index is -0.570. The maximum atomic E-state index is 11.5. The van der Waals surface area contributed by atoms with E-state index in [0.717, 1.165) is 32.1 Å². The molecule has 0 aliphatic carbocycles. The topological polar surface area (TPSA) is 37.3 Å². The quantitative estimate of drug-likeness (QED) is 0.394. The third-order valence-corrected chi connectivity index (χ3v) is 4.46. The fraction of sp³-hybridized carbons (Fsp3) is 0.944. The van der Waals surface area contributed by atoms with Gasteiger partial charge >= 0.3 is 5.97 Å². The van der Waals surface area contributed by atoms with Gasteiger partial charge in [0.05, 0.1) is 5.92 Å². The molecule has 0 rings (SSSR count). The summed E-state index contributed by atoms with van der Waals surface area (Å²) in [5, 5.41) is 9.45. The molecule has 2 unspecified atom stereocenters. The van der Waals surface area contributed by atoms with Gasteiger partial charge in [0.15, 0.2) is 0 Å². The number of carboxylic acids is 1. The first-order valence-electron chi connectivity index (χ1n) is 8.90. The minimum absolute atomic E-state index is 0.109. The molecule has 2 nitrogen and oxygen atoms in total. The Balaban J connectivity index is 4.00. The molecule has 1 N–H and O–H groups in total. The lowest BCUT2D eigenvalue weighted by Crippen LogP contribution is -2.23. The highest BCUT2D eigenvalue weighted by molar-refractivity contribution is 5.70. The van der Waals surface area contributed by atoms with Crippen LogP contribution in [0.4, 0.5) is 0 Å². The van der Waals surface area contributed by atoms with Crippen LogP contribution in [-0.4, -0.2) is 11.1 Å². The highest BCUT2D eigenvalue weighted by atomic mass is 16.4. The van der Waals surface area contributed by atoms with Crippen molar-refractivity contribution in [2.24, 2.45) is 11.8 Å². The predicted molar refractivity (Wildman–Crippen MR) is 87.0 cm³/mol. The minimum Gasteiger partial charge on any atom is -0.481 e. The van der Waals surface area contributed by atoms with Crippen molar-refractivity contribution in [2.45, 2.75) is 97.8 Å². The third-order valence-electron chi connectivity index (χ3n) is 4.46. The van der Waals surface area contributed by atoms with Gasteiger partial charge in [0.1, 0.15) is 0 Å². The van der Waals surface area contributed by atoms with Crippen LogP contribution in [0.1, 0.15) is 97.8 Å². The monoisotopic (exact) mass is 284 g/mol. The molecule has 0 saturated heterocycles. The molecule has 0 aromatic carbocycles. The van der Waals surface area contributed by atoms with E-state index >= 15 is 0 Å². The number of rotatable bonds is 14. The van der Waals surface area contributed by atoms with E-state index in [2.05, 4.69) is 20.8 Å². The van der Waals surface area contributed by atoms with Gasteiger partial charge in [-0.05, 0) is 18.8 Å². The maximum absolute atomic E-state index is 11.5. The van der Waals surface area contributed by atoms with Crippen molar-refractivity contribution in [3.05, 3.63) is 0 Å². The molecule has 0 radical (unpaired) electrons. The summed E-state index contributed by atoms with van der Waals surface area (Å²) in [6, 6.07) is 0. The van der Waals surface area contributed by atoms with Gasteiger partial charge in [-0.1, -0.05) is 85.0 Å². The van der Waals surface area contributed by atoms with Crippen molar-refractivity contribution in [3.63, 3.8) is 0 Å². The van der Waals surface area contributed by atoms with E-state index in [-0.39, 0.29) is 5.92 Å². The lowest BCUT2D eigenvalue weighted by atomic mass is 9.82. The number of unbranched alkanes of at least 4 members (excludes halogenated alkanes) is 7. The zero-order chi connectivity index (χ0) is 15.2. The van der Waals surface area contributed by atoms with Crippen LogP contribution in [0.25, 0.3) is 0 Å². The van der Waals surface area contributed by atoms with Crippen LogP contribution in [0.2, 0.25) is 0 Å². The predicted octanol–water partition coefficient (Wildman–Crippen LogP) is 6.04. The first-order valence-corrected chi connectivity index (χ1v) is 8.90. The summed E-state index contributed by atoms with van der Waals surface area (Å²) < 4.78 is 0. The summed E-state index contributed by atoms with van der Waals surface area (Å²) in [5.41, 5.74) is 0. The normalized spacial score (nSPS) is 14.2. The highest BCUT2D eigenvalue weighted by Crippen LogP contribution is 2.27. The second-order valence-electron chi connectivity index (χ2n) is 6.17. The molecule has 2 heteroatoms. The maximum Gasteiger partial charge on any atom is 0.306 e. The van der Waals surface area contributed by atoms with Crippen molar-refractivity contribution < 1.29 is 9.90 Å². The van der Waals surface area contributed by atoms with Crippen molar-refractivity contribution >= 4 is 5.97 Å². The van der Waals surface area contributed by atoms with Gasteiger partial charge < -0.3 is 5.11 Å². The average Bonchev–Trinajstić information content (AvgIpc) is 2.44. The van der Waals surface area contributed by atoms with Gasteiger partial charge in [-0.3, -0.25) is 4.79 Å². The first kappa shape index (κ1) is 19.5. The molecule has 0 aromatic heterocycles. The molecule has 0 bridgehead atoms. The Morgan fingerprint density at radius 1 is 0.800 bits per heavy atom. The Morgan fingerprint density at radius 2 is 1.30 bits per heavy atom. The first-order chi connectivity index (χ1) is 9.67. The molecule has 0 amide bonds. The molecule has 20 heavy (non-hydrogen) atoms. The summed E-state index contributed by atoms with van der Waals surface area (Å²) >= 11 is 0. The Kier molecular flexibility index (Phi) is 13.1. The smallest absolute Gasteiger partial charge is 0.306 e. The van der Waals surface area contributed by atoms with Crippen LogP contribution in [0.5, 0.6) is 0 Å². The molecule has 0 heterocycles. The van der Waals surface area contributed by atoms with E-state index < -0.39 is 5.97 Å². The molecule has 0 aromatic rings. The second kappa shape index (κ2) is 13.5. The number of aliphatic carboxylic acids is 1. The van der Waals surface area contributed by atoms with E-state index in [4.69, 9.17) is 0 Å².